The summed E-state index contributed by atoms with van der Waals surface area (Å²) in [6.07, 6.45) is 3.03. The quantitative estimate of drug-likeness (QED) is 0.571. The van der Waals surface area contributed by atoms with Crippen LogP contribution in [0.5, 0.6) is 0 Å². The Morgan fingerprint density at radius 1 is 1.55 bits per heavy atom. The molecule has 0 aromatic carbocycles. The van der Waals surface area contributed by atoms with Crippen molar-refractivity contribution in [2.24, 2.45) is 0 Å². The maximum atomic E-state index is 12.5. The van der Waals surface area contributed by atoms with Gasteiger partial charge in [0.1, 0.15) is 17.6 Å². The van der Waals surface area contributed by atoms with Crippen molar-refractivity contribution < 1.29 is 22.4 Å². The first-order valence-corrected chi connectivity index (χ1v) is 8.00. The summed E-state index contributed by atoms with van der Waals surface area (Å²) in [6, 6.07) is 1.62. The molecule has 0 fully saturated rings. The number of hydrogen-bond acceptors (Lipinski definition) is 5. The Morgan fingerprint density at radius 3 is 2.65 bits per heavy atom. The summed E-state index contributed by atoms with van der Waals surface area (Å²) >= 11 is 0. The molecule has 0 aliphatic heterocycles. The van der Waals surface area contributed by atoms with E-state index in [1.54, 1.807) is 19.9 Å². The first-order valence-electron chi connectivity index (χ1n) is 6.39. The number of rotatable bonds is 7. The lowest BCUT2D eigenvalue weighted by atomic mass is 10.2. The zero-order chi connectivity index (χ0) is 15.3. The molecule has 1 aromatic heterocycles. The highest BCUT2D eigenvalue weighted by Crippen LogP contribution is 2.30. The van der Waals surface area contributed by atoms with Gasteiger partial charge in [0, 0.05) is 12.0 Å². The summed E-state index contributed by atoms with van der Waals surface area (Å²) in [6.45, 7) is 8.30. The Hall–Kier alpha value is -1.56. The van der Waals surface area contributed by atoms with Gasteiger partial charge in [-0.1, -0.05) is 13.0 Å². The smallest absolute Gasteiger partial charge is 0.305 e. The highest BCUT2D eigenvalue weighted by molar-refractivity contribution is 7.92. The van der Waals surface area contributed by atoms with Crippen LogP contribution >= 0.6 is 0 Å². The highest BCUT2D eigenvalue weighted by Gasteiger charge is 2.32. The van der Waals surface area contributed by atoms with Gasteiger partial charge in [-0.05, 0) is 19.9 Å². The monoisotopic (exact) mass is 300 g/mol. The van der Waals surface area contributed by atoms with Crippen LogP contribution in [-0.4, -0.2) is 26.2 Å². The Morgan fingerprint density at radius 2 is 2.20 bits per heavy atom. The Bertz CT molecular complexity index is 570. The lowest BCUT2D eigenvalue weighted by Gasteiger charge is -2.19. The van der Waals surface area contributed by atoms with Crippen molar-refractivity contribution >= 4 is 15.8 Å². The molecule has 1 rings (SSSR count). The van der Waals surface area contributed by atoms with Crippen LogP contribution in [-0.2, 0) is 19.4 Å². The van der Waals surface area contributed by atoms with Crippen molar-refractivity contribution in [2.45, 2.75) is 37.7 Å². The maximum Gasteiger partial charge on any atom is 0.305 e. The third-order valence-corrected chi connectivity index (χ3v) is 5.51. The van der Waals surface area contributed by atoms with E-state index < -0.39 is 26.3 Å². The molecule has 0 N–H and O–H groups in total. The van der Waals surface area contributed by atoms with E-state index in [0.717, 1.165) is 0 Å². The molecule has 0 bridgehead atoms. The minimum Gasteiger partial charge on any atom is -0.469 e. The van der Waals surface area contributed by atoms with Crippen LogP contribution in [0.25, 0.3) is 0 Å². The lowest BCUT2D eigenvalue weighted by Crippen LogP contribution is -2.29. The molecule has 0 aliphatic rings. The molecule has 0 aliphatic carbocycles. The van der Waals surface area contributed by atoms with Gasteiger partial charge in [-0.15, -0.1) is 6.58 Å². The van der Waals surface area contributed by atoms with Crippen LogP contribution in [0.3, 0.4) is 0 Å². The minimum atomic E-state index is -3.56. The summed E-state index contributed by atoms with van der Waals surface area (Å²) in [5.41, 5.74) is 0.564. The van der Waals surface area contributed by atoms with Crippen molar-refractivity contribution in [3.63, 3.8) is 0 Å². The first-order chi connectivity index (χ1) is 9.34. The van der Waals surface area contributed by atoms with E-state index in [0.29, 0.717) is 11.3 Å². The lowest BCUT2D eigenvalue weighted by molar-refractivity contribution is -0.143. The topological polar surface area (TPSA) is 73.6 Å². The van der Waals surface area contributed by atoms with E-state index in [1.165, 1.54) is 19.3 Å². The third kappa shape index (κ3) is 3.50. The molecular weight excluding hydrogens is 280 g/mol. The second-order valence-corrected chi connectivity index (χ2v) is 7.02. The summed E-state index contributed by atoms with van der Waals surface area (Å²) in [5, 5.41) is -1.67. The van der Waals surface area contributed by atoms with Crippen molar-refractivity contribution in [3.05, 3.63) is 36.3 Å². The first kappa shape index (κ1) is 16.5. The number of esters is 1. The molecule has 1 heterocycles. The molecule has 112 valence electrons. The van der Waals surface area contributed by atoms with Crippen molar-refractivity contribution in [1.29, 1.82) is 0 Å². The summed E-state index contributed by atoms with van der Waals surface area (Å²) in [7, 11) is -3.56. The SMILES string of the molecule is C=CC(c1ccoc1C)S(=O)(=O)C(C)COC(=O)CC. The van der Waals surface area contributed by atoms with Crippen LogP contribution in [0.4, 0.5) is 0 Å². The third-order valence-electron chi connectivity index (χ3n) is 3.10. The minimum absolute atomic E-state index is 0.157. The van der Waals surface area contributed by atoms with Crippen LogP contribution < -0.4 is 0 Å². The van der Waals surface area contributed by atoms with Crippen LogP contribution in [0.15, 0.2) is 29.4 Å². The molecule has 20 heavy (non-hydrogen) atoms. The standard InChI is InChI=1S/C14H20O5S/c1-5-13(12-7-8-18-11(12)4)20(16,17)10(3)9-19-14(15)6-2/h5,7-8,10,13H,1,6,9H2,2-4H3. The zero-order valence-electron chi connectivity index (χ0n) is 12.0. The van der Waals surface area contributed by atoms with Gasteiger partial charge in [0.2, 0.25) is 0 Å². The number of carbonyl (C=O) groups is 1. The van der Waals surface area contributed by atoms with Crippen LogP contribution in [0.1, 0.15) is 36.8 Å². The molecule has 5 nitrogen and oxygen atoms in total. The van der Waals surface area contributed by atoms with E-state index in [9.17, 15) is 13.2 Å². The number of sulfone groups is 1. The van der Waals surface area contributed by atoms with E-state index in [2.05, 4.69) is 6.58 Å². The molecule has 0 radical (unpaired) electrons. The van der Waals surface area contributed by atoms with Crippen LogP contribution in [0, 0.1) is 6.92 Å². The van der Waals surface area contributed by atoms with Gasteiger partial charge < -0.3 is 9.15 Å². The number of carbonyl (C=O) groups excluding carboxylic acids is 1. The molecule has 0 amide bonds. The molecular formula is C14H20O5S. The molecule has 0 spiro atoms. The van der Waals surface area contributed by atoms with Gasteiger partial charge in [-0.2, -0.15) is 0 Å². The fraction of sp³-hybridized carbons (Fsp3) is 0.500. The molecule has 2 unspecified atom stereocenters. The van der Waals surface area contributed by atoms with Gasteiger partial charge >= 0.3 is 5.97 Å². The van der Waals surface area contributed by atoms with Crippen molar-refractivity contribution in [1.82, 2.24) is 0 Å². The van der Waals surface area contributed by atoms with E-state index >= 15 is 0 Å². The highest BCUT2D eigenvalue weighted by atomic mass is 32.2. The number of furan rings is 1. The van der Waals surface area contributed by atoms with Crippen molar-refractivity contribution in [3.8, 4) is 0 Å². The van der Waals surface area contributed by atoms with Gasteiger partial charge in [-0.25, -0.2) is 8.42 Å². The van der Waals surface area contributed by atoms with Gasteiger partial charge in [-0.3, -0.25) is 4.79 Å². The zero-order valence-corrected chi connectivity index (χ0v) is 12.8. The van der Waals surface area contributed by atoms with Gasteiger partial charge in [0.05, 0.1) is 11.5 Å². The van der Waals surface area contributed by atoms with E-state index in [-0.39, 0.29) is 13.0 Å². The Balaban J connectivity index is 2.93. The Labute approximate surface area is 119 Å². The molecule has 6 heteroatoms. The van der Waals surface area contributed by atoms with Gasteiger partial charge in [0.15, 0.2) is 9.84 Å². The summed E-state index contributed by atoms with van der Waals surface area (Å²) < 4.78 is 35.1. The van der Waals surface area contributed by atoms with E-state index in [1.807, 2.05) is 0 Å². The second-order valence-electron chi connectivity index (χ2n) is 4.52. The van der Waals surface area contributed by atoms with Crippen molar-refractivity contribution in [2.75, 3.05) is 6.61 Å². The normalized spacial score (nSPS) is 14.6. The summed E-state index contributed by atoms with van der Waals surface area (Å²) in [5.74, 6) is 0.123. The number of hydrogen-bond donors (Lipinski definition) is 0. The molecule has 1 aromatic rings. The van der Waals surface area contributed by atoms with Crippen LogP contribution in [0.2, 0.25) is 0 Å². The largest absolute Gasteiger partial charge is 0.469 e. The number of aryl methyl sites for hydroxylation is 1. The second kappa shape index (κ2) is 6.74. The predicted molar refractivity (Wildman–Crippen MR) is 76.0 cm³/mol. The average Bonchev–Trinajstić information content (AvgIpc) is 2.82. The fourth-order valence-electron chi connectivity index (χ4n) is 1.79. The summed E-state index contributed by atoms with van der Waals surface area (Å²) in [4.78, 5) is 11.1. The maximum absolute atomic E-state index is 12.5. The fourth-order valence-corrected chi connectivity index (χ4v) is 3.41. The van der Waals surface area contributed by atoms with Gasteiger partial charge in [0.25, 0.3) is 0 Å². The average molecular weight is 300 g/mol. The molecule has 2 atom stereocenters. The Kier molecular flexibility index (Phi) is 5.56. The van der Waals surface area contributed by atoms with E-state index in [4.69, 9.17) is 9.15 Å². The number of ether oxygens (including phenoxy) is 1. The predicted octanol–water partition coefficient (Wildman–Crippen LogP) is 2.57. The molecule has 0 saturated carbocycles. The molecule has 0 saturated heterocycles.